The van der Waals surface area contributed by atoms with Gasteiger partial charge in [0.2, 0.25) is 0 Å². The molecule has 0 aromatic heterocycles. The van der Waals surface area contributed by atoms with E-state index in [-0.39, 0.29) is 5.56 Å². The molecule has 1 aromatic carbocycles. The molecule has 1 fully saturated rings. The number of hydrogen-bond donors (Lipinski definition) is 1. The molecule has 98 valence electrons. The highest BCUT2D eigenvalue weighted by atomic mass is 35.5. The monoisotopic (exact) mass is 274 g/mol. The van der Waals surface area contributed by atoms with Gasteiger partial charge < -0.3 is 5.11 Å². The van der Waals surface area contributed by atoms with Gasteiger partial charge in [0, 0.05) is 5.56 Å². The van der Waals surface area contributed by atoms with Gasteiger partial charge in [0.1, 0.15) is 11.6 Å². The van der Waals surface area contributed by atoms with Crippen LogP contribution >= 0.6 is 11.6 Å². The second-order valence-electron chi connectivity index (χ2n) is 4.67. The molecule has 0 heterocycles. The van der Waals surface area contributed by atoms with Crippen molar-refractivity contribution in [3.8, 4) is 0 Å². The second-order valence-corrected chi connectivity index (χ2v) is 5.04. The van der Waals surface area contributed by atoms with Crippen molar-refractivity contribution in [2.24, 2.45) is 0 Å². The Balaban J connectivity index is 2.63. The predicted molar refractivity (Wildman–Crippen MR) is 63.8 cm³/mol. The summed E-state index contributed by atoms with van der Waals surface area (Å²) in [6.07, 6.45) is 2.85. The van der Waals surface area contributed by atoms with E-state index in [1.54, 1.807) is 0 Å². The smallest absolute Gasteiger partial charge is 0.314 e. The fraction of sp³-hybridized carbons (Fsp3) is 0.462. The Hall–Kier alpha value is -1.16. The zero-order valence-corrected chi connectivity index (χ0v) is 10.4. The van der Waals surface area contributed by atoms with Crippen LogP contribution in [0, 0.1) is 11.6 Å². The molecule has 0 amide bonds. The van der Waals surface area contributed by atoms with Crippen molar-refractivity contribution in [1.82, 2.24) is 0 Å². The van der Waals surface area contributed by atoms with Crippen LogP contribution in [0.5, 0.6) is 0 Å². The molecule has 1 aliphatic rings. The number of halogens is 3. The van der Waals surface area contributed by atoms with Crippen LogP contribution in [-0.4, -0.2) is 11.1 Å². The molecule has 5 heteroatoms. The first-order valence-electron chi connectivity index (χ1n) is 5.86. The maximum absolute atomic E-state index is 13.9. The minimum absolute atomic E-state index is 0.198. The average molecular weight is 275 g/mol. The first kappa shape index (κ1) is 13.3. The molecule has 1 N–H and O–H groups in total. The summed E-state index contributed by atoms with van der Waals surface area (Å²) in [5, 5.41) is 9.03. The Kier molecular flexibility index (Phi) is 3.57. The van der Waals surface area contributed by atoms with Crippen molar-refractivity contribution >= 4 is 17.6 Å². The standard InChI is InChI=1S/C13H13ClF2O2/c14-11-9(16)5-4-8(15)10(11)13(12(17)18)6-2-1-3-7-13/h4-5H,1-3,6-7H2,(H,17,18). The molecule has 0 saturated heterocycles. The highest BCUT2D eigenvalue weighted by molar-refractivity contribution is 6.32. The third-order valence-electron chi connectivity index (χ3n) is 3.64. The molecule has 1 saturated carbocycles. The first-order chi connectivity index (χ1) is 8.49. The molecule has 0 radical (unpaired) electrons. The molecule has 0 bridgehead atoms. The van der Waals surface area contributed by atoms with Crippen molar-refractivity contribution in [2.45, 2.75) is 37.5 Å². The van der Waals surface area contributed by atoms with Crippen molar-refractivity contribution < 1.29 is 18.7 Å². The highest BCUT2D eigenvalue weighted by Gasteiger charge is 2.45. The Morgan fingerprint density at radius 3 is 2.28 bits per heavy atom. The Labute approximate surface area is 109 Å². The Morgan fingerprint density at radius 2 is 1.72 bits per heavy atom. The van der Waals surface area contributed by atoms with Gasteiger partial charge in [-0.25, -0.2) is 8.78 Å². The van der Waals surface area contributed by atoms with Gasteiger partial charge in [0.15, 0.2) is 0 Å². The SMILES string of the molecule is O=C(O)C1(c2c(F)ccc(F)c2Cl)CCCCC1. The molecule has 0 spiro atoms. The number of carboxylic acid groups (broad SMARTS) is 1. The molecule has 2 nitrogen and oxygen atoms in total. The van der Waals surface area contributed by atoms with Crippen LogP contribution in [0.2, 0.25) is 5.02 Å². The Morgan fingerprint density at radius 1 is 1.17 bits per heavy atom. The largest absolute Gasteiger partial charge is 0.481 e. The molecule has 0 unspecified atom stereocenters. The lowest BCUT2D eigenvalue weighted by Crippen LogP contribution is -2.39. The van der Waals surface area contributed by atoms with E-state index in [1.165, 1.54) is 0 Å². The van der Waals surface area contributed by atoms with Crippen LogP contribution in [0.15, 0.2) is 12.1 Å². The van der Waals surface area contributed by atoms with Gasteiger partial charge in [0.05, 0.1) is 10.4 Å². The molecule has 0 aliphatic heterocycles. The lowest BCUT2D eigenvalue weighted by Gasteiger charge is -2.34. The van der Waals surface area contributed by atoms with Gasteiger partial charge in [-0.05, 0) is 25.0 Å². The number of hydrogen-bond acceptors (Lipinski definition) is 1. The zero-order chi connectivity index (χ0) is 13.3. The van der Waals surface area contributed by atoms with E-state index in [0.29, 0.717) is 25.7 Å². The second kappa shape index (κ2) is 4.84. The maximum Gasteiger partial charge on any atom is 0.314 e. The van der Waals surface area contributed by atoms with E-state index in [2.05, 4.69) is 0 Å². The van der Waals surface area contributed by atoms with Gasteiger partial charge in [-0.2, -0.15) is 0 Å². The first-order valence-corrected chi connectivity index (χ1v) is 6.24. The predicted octanol–water partition coefficient (Wildman–Crippen LogP) is 3.90. The van der Waals surface area contributed by atoms with E-state index < -0.39 is 28.0 Å². The van der Waals surface area contributed by atoms with Gasteiger partial charge in [-0.1, -0.05) is 30.9 Å². The summed E-state index contributed by atoms with van der Waals surface area (Å²) >= 11 is 5.79. The average Bonchev–Trinajstić information content (AvgIpc) is 2.35. The van der Waals surface area contributed by atoms with Crippen LogP contribution in [0.25, 0.3) is 0 Å². The lowest BCUT2D eigenvalue weighted by molar-refractivity contribution is -0.145. The Bertz CT molecular complexity index is 482. The summed E-state index contributed by atoms with van der Waals surface area (Å²) in [6.45, 7) is 0. The van der Waals surface area contributed by atoms with Crippen molar-refractivity contribution in [3.63, 3.8) is 0 Å². The van der Waals surface area contributed by atoms with E-state index >= 15 is 0 Å². The fourth-order valence-corrected chi connectivity index (χ4v) is 3.03. The molecule has 2 rings (SSSR count). The maximum atomic E-state index is 13.9. The zero-order valence-electron chi connectivity index (χ0n) is 9.68. The van der Waals surface area contributed by atoms with Gasteiger partial charge >= 0.3 is 5.97 Å². The van der Waals surface area contributed by atoms with E-state index in [0.717, 1.165) is 18.6 Å². The number of carbonyl (C=O) groups is 1. The molecular weight excluding hydrogens is 262 g/mol. The molecule has 1 aliphatic carbocycles. The molecular formula is C13H13ClF2O2. The van der Waals surface area contributed by atoms with Crippen LogP contribution < -0.4 is 0 Å². The van der Waals surface area contributed by atoms with E-state index in [4.69, 9.17) is 11.6 Å². The van der Waals surface area contributed by atoms with Gasteiger partial charge in [-0.15, -0.1) is 0 Å². The van der Waals surface area contributed by atoms with Crippen LogP contribution in [0.4, 0.5) is 8.78 Å². The quantitative estimate of drug-likeness (QED) is 0.831. The number of aliphatic carboxylic acids is 1. The van der Waals surface area contributed by atoms with Crippen molar-refractivity contribution in [1.29, 1.82) is 0 Å². The molecule has 1 aromatic rings. The number of rotatable bonds is 2. The topological polar surface area (TPSA) is 37.3 Å². The van der Waals surface area contributed by atoms with Crippen LogP contribution in [-0.2, 0) is 10.2 Å². The molecule has 18 heavy (non-hydrogen) atoms. The summed E-state index contributed by atoms with van der Waals surface area (Å²) in [5.74, 6) is -2.65. The summed E-state index contributed by atoms with van der Waals surface area (Å²) in [4.78, 5) is 11.5. The van der Waals surface area contributed by atoms with Crippen molar-refractivity contribution in [2.75, 3.05) is 0 Å². The summed E-state index contributed by atoms with van der Waals surface area (Å²) in [5.41, 5.74) is -1.59. The minimum Gasteiger partial charge on any atom is -0.481 e. The van der Waals surface area contributed by atoms with Gasteiger partial charge in [0.25, 0.3) is 0 Å². The summed E-state index contributed by atoms with van der Waals surface area (Å²) in [7, 11) is 0. The van der Waals surface area contributed by atoms with Gasteiger partial charge in [-0.3, -0.25) is 4.79 Å². The van der Waals surface area contributed by atoms with E-state index in [1.807, 2.05) is 0 Å². The lowest BCUT2D eigenvalue weighted by atomic mass is 9.69. The third kappa shape index (κ3) is 1.99. The summed E-state index contributed by atoms with van der Waals surface area (Å²) < 4.78 is 27.4. The fourth-order valence-electron chi connectivity index (χ4n) is 2.69. The number of carboxylic acids is 1. The van der Waals surface area contributed by atoms with Crippen molar-refractivity contribution in [3.05, 3.63) is 34.4 Å². The number of benzene rings is 1. The molecule has 0 atom stereocenters. The summed E-state index contributed by atoms with van der Waals surface area (Å²) in [6, 6.07) is 1.86. The van der Waals surface area contributed by atoms with Crippen LogP contribution in [0.1, 0.15) is 37.7 Å². The van der Waals surface area contributed by atoms with Crippen LogP contribution in [0.3, 0.4) is 0 Å². The highest BCUT2D eigenvalue weighted by Crippen LogP contribution is 2.44. The third-order valence-corrected chi connectivity index (χ3v) is 4.01. The van der Waals surface area contributed by atoms with E-state index in [9.17, 15) is 18.7 Å². The normalized spacial score (nSPS) is 18.6. The minimum atomic E-state index is -1.39.